The summed E-state index contributed by atoms with van der Waals surface area (Å²) in [6.45, 7) is 4.66. The standard InChI is InChI=1S/C16H27N3O2/c1-3-12(4-2)15(20)11-18-14(10-16(17)19-21)13-8-6-5-7-9-13/h5-9,12,14-15,18,20-21H,3-4,10-11H2,1-2H3,(H2,17,19). The summed E-state index contributed by atoms with van der Waals surface area (Å²) in [7, 11) is 0. The fourth-order valence-corrected chi connectivity index (χ4v) is 2.51. The van der Waals surface area contributed by atoms with E-state index in [9.17, 15) is 5.11 Å². The summed E-state index contributed by atoms with van der Waals surface area (Å²) >= 11 is 0. The first-order valence-corrected chi connectivity index (χ1v) is 7.55. The van der Waals surface area contributed by atoms with Gasteiger partial charge in [-0.25, -0.2) is 0 Å². The number of nitrogens with zero attached hydrogens (tertiary/aromatic N) is 1. The lowest BCUT2D eigenvalue weighted by Crippen LogP contribution is -2.36. The largest absolute Gasteiger partial charge is 0.409 e. The molecule has 0 fully saturated rings. The Hall–Kier alpha value is -1.59. The molecule has 2 unspecified atom stereocenters. The molecule has 1 rings (SSSR count). The van der Waals surface area contributed by atoms with E-state index >= 15 is 0 Å². The van der Waals surface area contributed by atoms with Crippen LogP contribution in [-0.2, 0) is 0 Å². The highest BCUT2D eigenvalue weighted by Crippen LogP contribution is 2.18. The summed E-state index contributed by atoms with van der Waals surface area (Å²) in [5.41, 5.74) is 6.68. The predicted molar refractivity (Wildman–Crippen MR) is 85.3 cm³/mol. The first-order chi connectivity index (χ1) is 10.1. The van der Waals surface area contributed by atoms with Crippen molar-refractivity contribution < 1.29 is 10.3 Å². The zero-order valence-electron chi connectivity index (χ0n) is 12.9. The molecule has 0 saturated carbocycles. The van der Waals surface area contributed by atoms with Crippen molar-refractivity contribution in [3.05, 3.63) is 35.9 Å². The predicted octanol–water partition coefficient (Wildman–Crippen LogP) is 2.25. The molecule has 0 amide bonds. The minimum Gasteiger partial charge on any atom is -0.409 e. The van der Waals surface area contributed by atoms with Gasteiger partial charge < -0.3 is 21.4 Å². The van der Waals surface area contributed by atoms with Crippen molar-refractivity contribution in [3.63, 3.8) is 0 Å². The third-order valence-corrected chi connectivity index (χ3v) is 3.91. The van der Waals surface area contributed by atoms with Crippen molar-refractivity contribution in [2.24, 2.45) is 16.8 Å². The normalized spacial score (nSPS) is 15.1. The van der Waals surface area contributed by atoms with E-state index in [0.29, 0.717) is 13.0 Å². The molecule has 2 atom stereocenters. The smallest absolute Gasteiger partial charge is 0.141 e. The molecule has 0 aromatic heterocycles. The molecule has 21 heavy (non-hydrogen) atoms. The molecule has 0 aliphatic carbocycles. The van der Waals surface area contributed by atoms with E-state index in [-0.39, 0.29) is 17.8 Å². The van der Waals surface area contributed by atoms with Gasteiger partial charge >= 0.3 is 0 Å². The molecule has 0 radical (unpaired) electrons. The van der Waals surface area contributed by atoms with Gasteiger partial charge in [-0.1, -0.05) is 62.2 Å². The summed E-state index contributed by atoms with van der Waals surface area (Å²) in [6, 6.07) is 9.76. The van der Waals surface area contributed by atoms with E-state index in [1.165, 1.54) is 0 Å². The Balaban J connectivity index is 2.70. The van der Waals surface area contributed by atoms with Crippen LogP contribution in [-0.4, -0.2) is 28.8 Å². The number of oxime groups is 1. The Morgan fingerprint density at radius 3 is 2.38 bits per heavy atom. The minimum absolute atomic E-state index is 0.0777. The van der Waals surface area contributed by atoms with Crippen molar-refractivity contribution in [2.75, 3.05) is 6.54 Å². The fraction of sp³-hybridized carbons (Fsp3) is 0.562. The van der Waals surface area contributed by atoms with E-state index in [2.05, 4.69) is 24.3 Å². The number of nitrogens with one attached hydrogen (secondary N) is 1. The third kappa shape index (κ3) is 5.73. The molecule has 0 saturated heterocycles. The summed E-state index contributed by atoms with van der Waals surface area (Å²) in [4.78, 5) is 0. The van der Waals surface area contributed by atoms with Gasteiger partial charge in [0.2, 0.25) is 0 Å². The fourth-order valence-electron chi connectivity index (χ4n) is 2.51. The monoisotopic (exact) mass is 293 g/mol. The van der Waals surface area contributed by atoms with Crippen LogP contribution in [0.5, 0.6) is 0 Å². The van der Waals surface area contributed by atoms with Gasteiger partial charge in [0.1, 0.15) is 5.84 Å². The summed E-state index contributed by atoms with van der Waals surface area (Å²) < 4.78 is 0. The molecular formula is C16H27N3O2. The maximum atomic E-state index is 10.2. The second kappa shape index (κ2) is 9.37. The van der Waals surface area contributed by atoms with Crippen LogP contribution in [0.15, 0.2) is 35.5 Å². The van der Waals surface area contributed by atoms with Crippen LogP contribution in [0.1, 0.15) is 44.7 Å². The van der Waals surface area contributed by atoms with Crippen molar-refractivity contribution in [2.45, 2.75) is 45.3 Å². The lowest BCUT2D eigenvalue weighted by Gasteiger charge is -2.24. The van der Waals surface area contributed by atoms with Gasteiger partial charge in [-0.3, -0.25) is 0 Å². The molecule has 0 aliphatic heterocycles. The highest BCUT2D eigenvalue weighted by molar-refractivity contribution is 5.80. The van der Waals surface area contributed by atoms with Crippen molar-refractivity contribution in [3.8, 4) is 0 Å². The molecule has 118 valence electrons. The second-order valence-electron chi connectivity index (χ2n) is 5.31. The summed E-state index contributed by atoms with van der Waals surface area (Å²) in [6.07, 6.45) is 1.92. The Morgan fingerprint density at radius 1 is 1.24 bits per heavy atom. The minimum atomic E-state index is -0.390. The number of nitrogens with two attached hydrogens (primary N) is 1. The maximum absolute atomic E-state index is 10.2. The van der Waals surface area contributed by atoms with Crippen LogP contribution in [0.3, 0.4) is 0 Å². The molecule has 0 aliphatic rings. The molecule has 1 aromatic carbocycles. The van der Waals surface area contributed by atoms with Gasteiger partial charge in [0, 0.05) is 19.0 Å². The van der Waals surface area contributed by atoms with E-state index in [4.69, 9.17) is 10.9 Å². The number of amidine groups is 1. The molecule has 5 N–H and O–H groups in total. The van der Waals surface area contributed by atoms with Crippen LogP contribution >= 0.6 is 0 Å². The Bertz CT molecular complexity index is 419. The van der Waals surface area contributed by atoms with Gasteiger partial charge in [0.25, 0.3) is 0 Å². The highest BCUT2D eigenvalue weighted by atomic mass is 16.4. The molecule has 5 nitrogen and oxygen atoms in total. The van der Waals surface area contributed by atoms with Crippen molar-refractivity contribution in [1.29, 1.82) is 0 Å². The van der Waals surface area contributed by atoms with Gasteiger partial charge in [0.15, 0.2) is 0 Å². The zero-order chi connectivity index (χ0) is 15.7. The van der Waals surface area contributed by atoms with Gasteiger partial charge in [-0.15, -0.1) is 0 Å². The van der Waals surface area contributed by atoms with Crippen LogP contribution in [0, 0.1) is 5.92 Å². The first kappa shape index (κ1) is 17.5. The number of benzene rings is 1. The Kier molecular flexibility index (Phi) is 7.79. The number of hydrogen-bond donors (Lipinski definition) is 4. The summed E-state index contributed by atoms with van der Waals surface area (Å²) in [5, 5.41) is 25.3. The third-order valence-electron chi connectivity index (χ3n) is 3.91. The molecule has 0 bridgehead atoms. The van der Waals surface area contributed by atoms with E-state index in [0.717, 1.165) is 18.4 Å². The number of aliphatic hydroxyl groups is 1. The number of rotatable bonds is 9. The lowest BCUT2D eigenvalue weighted by molar-refractivity contribution is 0.0984. The van der Waals surface area contributed by atoms with Crippen molar-refractivity contribution in [1.82, 2.24) is 5.32 Å². The molecule has 0 spiro atoms. The van der Waals surface area contributed by atoms with E-state index in [1.54, 1.807) is 0 Å². The molecule has 0 heterocycles. The first-order valence-electron chi connectivity index (χ1n) is 7.55. The number of aliphatic hydroxyl groups excluding tert-OH is 1. The zero-order valence-corrected chi connectivity index (χ0v) is 12.9. The Labute approximate surface area is 126 Å². The maximum Gasteiger partial charge on any atom is 0.141 e. The van der Waals surface area contributed by atoms with Crippen molar-refractivity contribution >= 4 is 5.84 Å². The van der Waals surface area contributed by atoms with Gasteiger partial charge in [0.05, 0.1) is 6.10 Å². The molecular weight excluding hydrogens is 266 g/mol. The van der Waals surface area contributed by atoms with Crippen LogP contribution < -0.4 is 11.1 Å². The summed E-state index contributed by atoms with van der Waals surface area (Å²) in [5.74, 6) is 0.464. The molecule has 5 heteroatoms. The van der Waals surface area contributed by atoms with Crippen LogP contribution in [0.4, 0.5) is 0 Å². The average Bonchev–Trinajstić information content (AvgIpc) is 2.53. The van der Waals surface area contributed by atoms with E-state index in [1.807, 2.05) is 30.3 Å². The SMILES string of the molecule is CCC(CC)C(O)CNC(C/C(N)=N/O)c1ccccc1. The average molecular weight is 293 g/mol. The quantitative estimate of drug-likeness (QED) is 0.243. The second-order valence-corrected chi connectivity index (χ2v) is 5.31. The van der Waals surface area contributed by atoms with Crippen LogP contribution in [0.25, 0.3) is 0 Å². The lowest BCUT2D eigenvalue weighted by atomic mass is 9.95. The van der Waals surface area contributed by atoms with Gasteiger partial charge in [-0.05, 0) is 11.5 Å². The van der Waals surface area contributed by atoms with Crippen LogP contribution in [0.2, 0.25) is 0 Å². The molecule has 1 aromatic rings. The number of hydrogen-bond acceptors (Lipinski definition) is 4. The topological polar surface area (TPSA) is 90.9 Å². The Morgan fingerprint density at radius 2 is 1.86 bits per heavy atom. The highest BCUT2D eigenvalue weighted by Gasteiger charge is 2.19. The van der Waals surface area contributed by atoms with E-state index < -0.39 is 6.10 Å². The van der Waals surface area contributed by atoms with Gasteiger partial charge in [-0.2, -0.15) is 0 Å².